The van der Waals surface area contributed by atoms with Gasteiger partial charge in [-0.25, -0.2) is 0 Å². The lowest BCUT2D eigenvalue weighted by Gasteiger charge is -2.17. The van der Waals surface area contributed by atoms with Crippen molar-refractivity contribution >= 4 is 23.5 Å². The molecule has 0 aliphatic rings. The van der Waals surface area contributed by atoms with Crippen molar-refractivity contribution in [2.24, 2.45) is 0 Å². The Labute approximate surface area is 120 Å². The predicted octanol–water partition coefficient (Wildman–Crippen LogP) is 0.105. The maximum Gasteiger partial charge on any atom is 0.317 e. The number of hydrogen-bond acceptors (Lipinski definition) is 5. The van der Waals surface area contributed by atoms with Gasteiger partial charge in [-0.1, -0.05) is 6.07 Å². The van der Waals surface area contributed by atoms with Crippen LogP contribution >= 0.6 is 0 Å². The number of carboxylic acids is 2. The Morgan fingerprint density at radius 1 is 1.14 bits per heavy atom. The number of hydrogen-bond donors (Lipinski definition) is 3. The molecule has 0 atom stereocenters. The number of rotatable bonds is 8. The standard InChI is InChI=1S/C13H16N2O6/c1-21-10-4-2-3-9(5-10)14-11(16)6-15(7-12(17)18)8-13(19)20/h2-5H,6-8H2,1H3,(H,14,16)(H,17,18)(H,19,20). The summed E-state index contributed by atoms with van der Waals surface area (Å²) in [5.41, 5.74) is 0.477. The monoisotopic (exact) mass is 296 g/mol. The molecule has 0 aliphatic carbocycles. The number of carbonyl (C=O) groups is 3. The highest BCUT2D eigenvalue weighted by Gasteiger charge is 2.17. The first-order valence-corrected chi connectivity index (χ1v) is 6.00. The Kier molecular flexibility index (Phi) is 6.15. The van der Waals surface area contributed by atoms with E-state index in [0.717, 1.165) is 4.90 Å². The van der Waals surface area contributed by atoms with Gasteiger partial charge in [-0.2, -0.15) is 0 Å². The highest BCUT2D eigenvalue weighted by molar-refractivity contribution is 5.93. The predicted molar refractivity (Wildman–Crippen MR) is 73.3 cm³/mol. The Balaban J connectivity index is 2.63. The van der Waals surface area contributed by atoms with Crippen LogP contribution in [0.3, 0.4) is 0 Å². The van der Waals surface area contributed by atoms with Crippen LogP contribution in [-0.2, 0) is 14.4 Å². The Hall–Kier alpha value is -2.61. The minimum Gasteiger partial charge on any atom is -0.497 e. The third-order valence-corrected chi connectivity index (χ3v) is 2.44. The van der Waals surface area contributed by atoms with E-state index in [0.29, 0.717) is 11.4 Å². The summed E-state index contributed by atoms with van der Waals surface area (Å²) in [5.74, 6) is -2.36. The van der Waals surface area contributed by atoms with Gasteiger partial charge in [-0.15, -0.1) is 0 Å². The fraction of sp³-hybridized carbons (Fsp3) is 0.308. The van der Waals surface area contributed by atoms with Gasteiger partial charge in [0.25, 0.3) is 0 Å². The van der Waals surface area contributed by atoms with Gasteiger partial charge in [0.2, 0.25) is 5.91 Å². The number of benzene rings is 1. The zero-order valence-electron chi connectivity index (χ0n) is 11.4. The molecule has 0 spiro atoms. The summed E-state index contributed by atoms with van der Waals surface area (Å²) in [6.45, 7) is -1.40. The van der Waals surface area contributed by atoms with Crippen LogP contribution in [0.4, 0.5) is 5.69 Å². The van der Waals surface area contributed by atoms with Gasteiger partial charge in [0.1, 0.15) is 5.75 Å². The van der Waals surface area contributed by atoms with Gasteiger partial charge in [-0.05, 0) is 12.1 Å². The number of aliphatic carboxylic acids is 2. The first kappa shape index (κ1) is 16.4. The van der Waals surface area contributed by atoms with Crippen LogP contribution < -0.4 is 10.1 Å². The van der Waals surface area contributed by atoms with Crippen LogP contribution in [0, 0.1) is 0 Å². The summed E-state index contributed by atoms with van der Waals surface area (Å²) < 4.78 is 5.01. The van der Waals surface area contributed by atoms with E-state index < -0.39 is 30.9 Å². The van der Waals surface area contributed by atoms with Gasteiger partial charge in [0.15, 0.2) is 0 Å². The molecule has 0 saturated carbocycles. The van der Waals surface area contributed by atoms with E-state index in [1.165, 1.54) is 7.11 Å². The van der Waals surface area contributed by atoms with Crippen LogP contribution in [0.25, 0.3) is 0 Å². The SMILES string of the molecule is COc1cccc(NC(=O)CN(CC(=O)O)CC(=O)O)c1. The van der Waals surface area contributed by atoms with Gasteiger partial charge in [0, 0.05) is 11.8 Å². The number of methoxy groups -OCH3 is 1. The van der Waals surface area contributed by atoms with Gasteiger partial charge in [-0.3, -0.25) is 19.3 Å². The molecule has 0 aliphatic heterocycles. The Morgan fingerprint density at radius 3 is 2.29 bits per heavy atom. The molecule has 21 heavy (non-hydrogen) atoms. The second kappa shape index (κ2) is 7.85. The lowest BCUT2D eigenvalue weighted by molar-refractivity contribution is -0.142. The minimum atomic E-state index is -1.20. The van der Waals surface area contributed by atoms with Crippen molar-refractivity contribution in [3.63, 3.8) is 0 Å². The molecule has 1 aromatic rings. The van der Waals surface area contributed by atoms with E-state index in [-0.39, 0.29) is 6.54 Å². The highest BCUT2D eigenvalue weighted by Crippen LogP contribution is 2.16. The Morgan fingerprint density at radius 2 is 1.76 bits per heavy atom. The topological polar surface area (TPSA) is 116 Å². The van der Waals surface area contributed by atoms with Crippen LogP contribution in [0.15, 0.2) is 24.3 Å². The molecular formula is C13H16N2O6. The van der Waals surface area contributed by atoms with Crippen molar-refractivity contribution in [1.82, 2.24) is 4.90 Å². The molecule has 0 unspecified atom stereocenters. The number of anilines is 1. The first-order chi connectivity index (χ1) is 9.90. The van der Waals surface area contributed by atoms with Crippen molar-refractivity contribution in [2.45, 2.75) is 0 Å². The number of carbonyl (C=O) groups excluding carboxylic acids is 1. The van der Waals surface area contributed by atoms with E-state index in [1.54, 1.807) is 24.3 Å². The van der Waals surface area contributed by atoms with Gasteiger partial charge < -0.3 is 20.3 Å². The number of ether oxygens (including phenoxy) is 1. The van der Waals surface area contributed by atoms with Crippen molar-refractivity contribution < 1.29 is 29.3 Å². The van der Waals surface area contributed by atoms with Gasteiger partial charge in [0.05, 0.1) is 26.7 Å². The summed E-state index contributed by atoms with van der Waals surface area (Å²) in [6.07, 6.45) is 0. The van der Waals surface area contributed by atoms with Crippen molar-refractivity contribution in [3.8, 4) is 5.75 Å². The van der Waals surface area contributed by atoms with Crippen LogP contribution in [0.2, 0.25) is 0 Å². The molecular weight excluding hydrogens is 280 g/mol. The number of nitrogens with one attached hydrogen (secondary N) is 1. The molecule has 0 radical (unpaired) electrons. The van der Waals surface area contributed by atoms with E-state index in [2.05, 4.69) is 5.32 Å². The largest absolute Gasteiger partial charge is 0.497 e. The van der Waals surface area contributed by atoms with E-state index in [9.17, 15) is 14.4 Å². The van der Waals surface area contributed by atoms with Crippen LogP contribution in [0.1, 0.15) is 0 Å². The fourth-order valence-corrected chi connectivity index (χ4v) is 1.65. The molecule has 0 heterocycles. The molecule has 1 amide bonds. The average molecular weight is 296 g/mol. The van der Waals surface area contributed by atoms with E-state index in [1.807, 2.05) is 0 Å². The van der Waals surface area contributed by atoms with Crippen LogP contribution in [-0.4, -0.2) is 59.7 Å². The van der Waals surface area contributed by atoms with Crippen molar-refractivity contribution in [3.05, 3.63) is 24.3 Å². The molecule has 0 bridgehead atoms. The molecule has 0 fully saturated rings. The maximum atomic E-state index is 11.8. The van der Waals surface area contributed by atoms with Gasteiger partial charge >= 0.3 is 11.9 Å². The van der Waals surface area contributed by atoms with E-state index in [4.69, 9.17) is 14.9 Å². The second-order valence-electron chi connectivity index (χ2n) is 4.21. The number of carboxylic acid groups (broad SMARTS) is 2. The quantitative estimate of drug-likeness (QED) is 0.623. The lowest BCUT2D eigenvalue weighted by Crippen LogP contribution is -2.40. The molecule has 114 valence electrons. The fourth-order valence-electron chi connectivity index (χ4n) is 1.65. The summed E-state index contributed by atoms with van der Waals surface area (Å²) in [4.78, 5) is 34.1. The molecule has 8 heteroatoms. The normalized spacial score (nSPS) is 10.2. The highest BCUT2D eigenvalue weighted by atomic mass is 16.5. The third kappa shape index (κ3) is 6.39. The van der Waals surface area contributed by atoms with Crippen molar-refractivity contribution in [1.29, 1.82) is 0 Å². The summed E-state index contributed by atoms with van der Waals surface area (Å²) >= 11 is 0. The Bertz CT molecular complexity index is 515. The molecule has 1 rings (SSSR count). The molecule has 8 nitrogen and oxygen atoms in total. The molecule has 3 N–H and O–H groups in total. The minimum absolute atomic E-state index is 0.337. The van der Waals surface area contributed by atoms with Crippen LogP contribution in [0.5, 0.6) is 5.75 Å². The number of amides is 1. The summed E-state index contributed by atoms with van der Waals surface area (Å²) in [7, 11) is 1.49. The summed E-state index contributed by atoms with van der Waals surface area (Å²) in [6, 6.07) is 6.62. The second-order valence-corrected chi connectivity index (χ2v) is 4.21. The number of nitrogens with zero attached hydrogens (tertiary/aromatic N) is 1. The zero-order valence-corrected chi connectivity index (χ0v) is 11.4. The average Bonchev–Trinajstić information content (AvgIpc) is 2.37. The first-order valence-electron chi connectivity index (χ1n) is 6.00. The van der Waals surface area contributed by atoms with Crippen molar-refractivity contribution in [2.75, 3.05) is 32.1 Å². The maximum absolute atomic E-state index is 11.8. The smallest absolute Gasteiger partial charge is 0.317 e. The third-order valence-electron chi connectivity index (χ3n) is 2.44. The molecule has 0 saturated heterocycles. The lowest BCUT2D eigenvalue weighted by atomic mass is 10.3. The zero-order chi connectivity index (χ0) is 15.8. The molecule has 0 aromatic heterocycles. The summed E-state index contributed by atoms with van der Waals surface area (Å²) in [5, 5.41) is 19.9. The van der Waals surface area contributed by atoms with E-state index >= 15 is 0 Å². The molecule has 1 aromatic carbocycles.